The Morgan fingerprint density at radius 3 is 2.92 bits per heavy atom. The van der Waals surface area contributed by atoms with Gasteiger partial charge in [-0.05, 0) is 49.1 Å². The average Bonchev–Trinajstić information content (AvgIpc) is 3.30. The van der Waals surface area contributed by atoms with Gasteiger partial charge in [0.2, 0.25) is 5.91 Å². The maximum absolute atomic E-state index is 12.4. The maximum Gasteiger partial charge on any atom is 0.249 e. The molecule has 0 aliphatic carbocycles. The van der Waals surface area contributed by atoms with Gasteiger partial charge in [-0.2, -0.15) is 0 Å². The van der Waals surface area contributed by atoms with Gasteiger partial charge in [0.1, 0.15) is 11.9 Å². The second-order valence-corrected chi connectivity index (χ2v) is 6.72. The van der Waals surface area contributed by atoms with Crippen molar-refractivity contribution in [3.05, 3.63) is 54.2 Å². The largest absolute Gasteiger partial charge is 0.467 e. The molecule has 2 saturated heterocycles. The molecule has 2 aliphatic rings. The molecule has 0 radical (unpaired) electrons. The fraction of sp³-hybridized carbons (Fsp3) is 0.474. The van der Waals surface area contributed by atoms with Crippen molar-refractivity contribution in [3.63, 3.8) is 0 Å². The fourth-order valence-electron chi connectivity index (χ4n) is 3.83. The van der Waals surface area contributed by atoms with Crippen molar-refractivity contribution >= 4 is 5.91 Å². The fourth-order valence-corrected chi connectivity index (χ4v) is 3.83. The van der Waals surface area contributed by atoms with Crippen LogP contribution in [0, 0.1) is 0 Å². The Morgan fingerprint density at radius 1 is 1.24 bits per heavy atom. The van der Waals surface area contributed by atoms with E-state index < -0.39 is 0 Å². The monoisotopic (exact) mass is 341 g/mol. The van der Waals surface area contributed by atoms with Gasteiger partial charge in [0.15, 0.2) is 0 Å². The number of furan rings is 1. The summed E-state index contributed by atoms with van der Waals surface area (Å²) in [6.07, 6.45) is 7.81. The predicted molar refractivity (Wildman–Crippen MR) is 91.5 cm³/mol. The summed E-state index contributed by atoms with van der Waals surface area (Å²) >= 11 is 0. The van der Waals surface area contributed by atoms with E-state index in [-0.39, 0.29) is 18.1 Å². The first-order chi connectivity index (χ1) is 12.3. The summed E-state index contributed by atoms with van der Waals surface area (Å²) in [6.45, 7) is 2.34. The van der Waals surface area contributed by atoms with E-state index >= 15 is 0 Å². The van der Waals surface area contributed by atoms with Crippen molar-refractivity contribution in [1.82, 2.24) is 15.2 Å². The Hall–Kier alpha value is -2.18. The molecule has 0 spiro atoms. The summed E-state index contributed by atoms with van der Waals surface area (Å²) in [4.78, 5) is 18.9. The van der Waals surface area contributed by atoms with Crippen LogP contribution in [0.25, 0.3) is 0 Å². The summed E-state index contributed by atoms with van der Waals surface area (Å²) in [6, 6.07) is 8.19. The Bertz CT molecular complexity index is 689. The first-order valence-corrected chi connectivity index (χ1v) is 8.88. The number of carbonyl (C=O) groups excluding carboxylic acids is 1. The molecule has 0 unspecified atom stereocenters. The highest BCUT2D eigenvalue weighted by Gasteiger charge is 2.41. The second-order valence-electron chi connectivity index (χ2n) is 6.72. The number of amides is 1. The van der Waals surface area contributed by atoms with Crippen LogP contribution in [-0.4, -0.2) is 40.6 Å². The number of aromatic nitrogens is 1. The third kappa shape index (κ3) is 3.75. The van der Waals surface area contributed by atoms with E-state index in [1.165, 1.54) is 5.56 Å². The van der Waals surface area contributed by atoms with Crippen LogP contribution in [0.15, 0.2) is 47.3 Å². The van der Waals surface area contributed by atoms with Gasteiger partial charge < -0.3 is 14.5 Å². The standard InChI is InChI=1S/C19H23N3O3/c23-19(21-12-15-2-1-11-24-15)18-4-3-16-17(25-18)7-10-22(16)13-14-5-8-20-9-6-14/h1-2,5-6,8-9,11,16-18H,3-4,7,10,12-13H2,(H,21,23)/t16-,17-,18-/m1/s1. The topological polar surface area (TPSA) is 67.6 Å². The maximum atomic E-state index is 12.4. The van der Waals surface area contributed by atoms with Gasteiger partial charge in [0, 0.05) is 31.5 Å². The number of hydrogen-bond donors (Lipinski definition) is 1. The second kappa shape index (κ2) is 7.37. The third-order valence-corrected chi connectivity index (χ3v) is 5.11. The van der Waals surface area contributed by atoms with Crippen molar-refractivity contribution in [2.45, 2.75) is 50.6 Å². The highest BCUT2D eigenvalue weighted by molar-refractivity contribution is 5.80. The first kappa shape index (κ1) is 16.3. The lowest BCUT2D eigenvalue weighted by molar-refractivity contribution is -0.144. The van der Waals surface area contributed by atoms with Crippen molar-refractivity contribution in [2.75, 3.05) is 6.54 Å². The van der Waals surface area contributed by atoms with Crippen molar-refractivity contribution in [3.8, 4) is 0 Å². The molecule has 0 bridgehead atoms. The Morgan fingerprint density at radius 2 is 2.12 bits per heavy atom. The lowest BCUT2D eigenvalue weighted by Gasteiger charge is -2.35. The minimum Gasteiger partial charge on any atom is -0.467 e. The van der Waals surface area contributed by atoms with E-state index in [9.17, 15) is 4.79 Å². The van der Waals surface area contributed by atoms with E-state index in [4.69, 9.17) is 9.15 Å². The van der Waals surface area contributed by atoms with E-state index in [0.717, 1.165) is 38.1 Å². The first-order valence-electron chi connectivity index (χ1n) is 8.88. The quantitative estimate of drug-likeness (QED) is 0.902. The molecule has 0 aromatic carbocycles. The number of fused-ring (bicyclic) bond motifs is 1. The molecule has 2 aromatic rings. The highest BCUT2D eigenvalue weighted by atomic mass is 16.5. The van der Waals surface area contributed by atoms with Gasteiger partial charge in [0.25, 0.3) is 0 Å². The van der Waals surface area contributed by atoms with Crippen LogP contribution < -0.4 is 5.32 Å². The van der Waals surface area contributed by atoms with Gasteiger partial charge in [-0.15, -0.1) is 0 Å². The minimum atomic E-state index is -0.350. The molecule has 1 amide bonds. The number of likely N-dealkylation sites (tertiary alicyclic amines) is 1. The number of nitrogens with zero attached hydrogens (tertiary/aromatic N) is 2. The predicted octanol–water partition coefficient (Wildman–Crippen LogP) is 2.11. The zero-order valence-electron chi connectivity index (χ0n) is 14.1. The number of carbonyl (C=O) groups is 1. The van der Waals surface area contributed by atoms with E-state index in [2.05, 4.69) is 27.3 Å². The van der Waals surface area contributed by atoms with Crippen molar-refractivity contribution in [2.24, 2.45) is 0 Å². The van der Waals surface area contributed by atoms with Crippen LogP contribution in [0.3, 0.4) is 0 Å². The normalized spacial score (nSPS) is 26.3. The Labute approximate surface area is 147 Å². The van der Waals surface area contributed by atoms with Crippen LogP contribution >= 0.6 is 0 Å². The number of hydrogen-bond acceptors (Lipinski definition) is 5. The number of pyridine rings is 1. The van der Waals surface area contributed by atoms with Gasteiger partial charge in [-0.1, -0.05) is 0 Å². The molecule has 0 saturated carbocycles. The van der Waals surface area contributed by atoms with Crippen LogP contribution in [0.2, 0.25) is 0 Å². The third-order valence-electron chi connectivity index (χ3n) is 5.11. The van der Waals surface area contributed by atoms with E-state index in [1.54, 1.807) is 6.26 Å². The highest BCUT2D eigenvalue weighted by Crippen LogP contribution is 2.32. The molecule has 2 aliphatic heterocycles. The zero-order valence-corrected chi connectivity index (χ0v) is 14.1. The SMILES string of the molecule is O=C(NCc1ccco1)[C@H]1CC[C@@H]2[C@@H](CCN2Cc2ccncc2)O1. The number of ether oxygens (including phenoxy) is 1. The molecule has 3 atom stereocenters. The van der Waals surface area contributed by atoms with E-state index in [1.807, 2.05) is 24.5 Å². The molecule has 4 rings (SSSR count). The van der Waals surface area contributed by atoms with Gasteiger partial charge >= 0.3 is 0 Å². The van der Waals surface area contributed by atoms with Crippen LogP contribution in [0.1, 0.15) is 30.6 Å². The summed E-state index contributed by atoms with van der Waals surface area (Å²) in [5.41, 5.74) is 1.27. The van der Waals surface area contributed by atoms with Gasteiger partial charge in [0.05, 0.1) is 18.9 Å². The molecular formula is C19H23N3O3. The molecule has 2 aromatic heterocycles. The lowest BCUT2D eigenvalue weighted by Crippen LogP contribution is -2.47. The zero-order chi connectivity index (χ0) is 17.1. The van der Waals surface area contributed by atoms with Crippen molar-refractivity contribution < 1.29 is 13.9 Å². The molecular weight excluding hydrogens is 318 g/mol. The van der Waals surface area contributed by atoms with Gasteiger partial charge in [-0.25, -0.2) is 0 Å². The molecule has 6 nitrogen and oxygen atoms in total. The number of rotatable bonds is 5. The summed E-state index contributed by atoms with van der Waals surface area (Å²) in [5, 5.41) is 2.91. The molecule has 4 heterocycles. The summed E-state index contributed by atoms with van der Waals surface area (Å²) in [5.74, 6) is 0.717. The van der Waals surface area contributed by atoms with Crippen LogP contribution in [0.5, 0.6) is 0 Å². The van der Waals surface area contributed by atoms with Crippen LogP contribution in [0.4, 0.5) is 0 Å². The number of nitrogens with one attached hydrogen (secondary N) is 1. The Kier molecular flexibility index (Phi) is 4.81. The molecule has 2 fully saturated rings. The van der Waals surface area contributed by atoms with Crippen LogP contribution in [-0.2, 0) is 22.6 Å². The summed E-state index contributed by atoms with van der Waals surface area (Å²) in [7, 11) is 0. The molecule has 6 heteroatoms. The lowest BCUT2D eigenvalue weighted by atomic mass is 9.98. The Balaban J connectivity index is 1.30. The van der Waals surface area contributed by atoms with Crippen molar-refractivity contribution in [1.29, 1.82) is 0 Å². The van der Waals surface area contributed by atoms with Gasteiger partial charge in [-0.3, -0.25) is 14.7 Å². The summed E-state index contributed by atoms with van der Waals surface area (Å²) < 4.78 is 11.4. The average molecular weight is 341 g/mol. The molecule has 25 heavy (non-hydrogen) atoms. The van der Waals surface area contributed by atoms with E-state index in [0.29, 0.717) is 12.6 Å². The smallest absolute Gasteiger partial charge is 0.249 e. The molecule has 1 N–H and O–H groups in total. The molecule has 132 valence electrons. The minimum absolute atomic E-state index is 0.0394.